The number of aromatic nitrogens is 2. The normalized spacial score (nSPS) is 20.7. The van der Waals surface area contributed by atoms with Gasteiger partial charge in [0.15, 0.2) is 0 Å². The third-order valence-electron chi connectivity index (χ3n) is 4.17. The lowest BCUT2D eigenvalue weighted by Crippen LogP contribution is -2.40. The van der Waals surface area contributed by atoms with Crippen molar-refractivity contribution in [3.63, 3.8) is 0 Å². The van der Waals surface area contributed by atoms with Crippen molar-refractivity contribution in [2.75, 3.05) is 13.2 Å². The fourth-order valence-corrected chi connectivity index (χ4v) is 3.81. The van der Waals surface area contributed by atoms with Gasteiger partial charge in [-0.25, -0.2) is 4.98 Å². The molecule has 0 saturated carbocycles. The summed E-state index contributed by atoms with van der Waals surface area (Å²) in [7, 11) is 0. The smallest absolute Gasteiger partial charge is 0.263 e. The Kier molecular flexibility index (Phi) is 5.01. The van der Waals surface area contributed by atoms with Crippen molar-refractivity contribution in [3.8, 4) is 0 Å². The molecule has 1 saturated heterocycles. The van der Waals surface area contributed by atoms with Gasteiger partial charge in [-0.1, -0.05) is 19.0 Å². The Labute approximate surface area is 145 Å². The number of rotatable bonds is 5. The number of aryl methyl sites for hydroxylation is 2. The van der Waals surface area contributed by atoms with Crippen LogP contribution in [-0.4, -0.2) is 35.3 Å². The topological polar surface area (TPSA) is 77.2 Å². The number of hydrogen-bond donors (Lipinski definition) is 1. The molecule has 1 aliphatic heterocycles. The van der Waals surface area contributed by atoms with Crippen LogP contribution in [0.1, 0.15) is 51.6 Å². The van der Waals surface area contributed by atoms with E-state index in [1.165, 1.54) is 11.3 Å². The maximum atomic E-state index is 12.6. The molecule has 2 aromatic rings. The minimum absolute atomic E-state index is 0.0214. The number of nitrogens with zero attached hydrogens (tertiary/aromatic N) is 2. The number of carbonyl (C=O) groups is 1. The van der Waals surface area contributed by atoms with E-state index >= 15 is 0 Å². The highest BCUT2D eigenvalue weighted by Gasteiger charge is 2.32. The zero-order chi connectivity index (χ0) is 17.3. The van der Waals surface area contributed by atoms with E-state index in [2.05, 4.69) is 29.3 Å². The first-order valence-electron chi connectivity index (χ1n) is 8.22. The van der Waals surface area contributed by atoms with Gasteiger partial charge in [0, 0.05) is 24.3 Å². The van der Waals surface area contributed by atoms with Gasteiger partial charge in [0.1, 0.15) is 10.6 Å². The highest BCUT2D eigenvalue weighted by atomic mass is 32.1. The molecule has 0 radical (unpaired) electrons. The highest BCUT2D eigenvalue weighted by Crippen LogP contribution is 2.26. The lowest BCUT2D eigenvalue weighted by atomic mass is 9.98. The van der Waals surface area contributed by atoms with Crippen LogP contribution >= 0.6 is 11.3 Å². The van der Waals surface area contributed by atoms with Crippen LogP contribution in [-0.2, 0) is 11.2 Å². The largest absolute Gasteiger partial charge is 0.379 e. The third kappa shape index (κ3) is 3.67. The van der Waals surface area contributed by atoms with Crippen molar-refractivity contribution in [2.45, 2.75) is 46.1 Å². The molecule has 0 aliphatic carbocycles. The van der Waals surface area contributed by atoms with Crippen molar-refractivity contribution in [2.24, 2.45) is 5.92 Å². The molecule has 0 bridgehead atoms. The summed E-state index contributed by atoms with van der Waals surface area (Å²) in [5.74, 6) is 1.29. The zero-order valence-corrected chi connectivity index (χ0v) is 15.3. The number of ether oxygens (including phenoxy) is 1. The van der Waals surface area contributed by atoms with Gasteiger partial charge in [0.2, 0.25) is 0 Å². The number of amides is 1. The summed E-state index contributed by atoms with van der Waals surface area (Å²) in [6.07, 6.45) is 0.713. The maximum Gasteiger partial charge on any atom is 0.263 e. The van der Waals surface area contributed by atoms with Crippen LogP contribution in [0, 0.1) is 19.8 Å². The van der Waals surface area contributed by atoms with Gasteiger partial charge in [0.05, 0.1) is 35.7 Å². The molecule has 2 aromatic heterocycles. The van der Waals surface area contributed by atoms with E-state index in [1.54, 1.807) is 0 Å². The summed E-state index contributed by atoms with van der Waals surface area (Å²) in [5.41, 5.74) is 1.66. The van der Waals surface area contributed by atoms with Gasteiger partial charge >= 0.3 is 0 Å². The molecule has 7 heteroatoms. The quantitative estimate of drug-likeness (QED) is 0.898. The maximum absolute atomic E-state index is 12.6. The SMILES string of the molecule is Cc1cc(C[C@H]2COC[C@H]2NC(=O)c2sc(C(C)C)nc2C)on1. The lowest BCUT2D eigenvalue weighted by molar-refractivity contribution is 0.0928. The summed E-state index contributed by atoms with van der Waals surface area (Å²) in [6, 6.07) is 1.91. The molecule has 3 heterocycles. The van der Waals surface area contributed by atoms with Gasteiger partial charge in [-0.15, -0.1) is 11.3 Å². The summed E-state index contributed by atoms with van der Waals surface area (Å²) >= 11 is 1.48. The van der Waals surface area contributed by atoms with E-state index < -0.39 is 0 Å². The molecule has 2 atom stereocenters. The predicted octanol–water partition coefficient (Wildman–Crippen LogP) is 2.86. The summed E-state index contributed by atoms with van der Waals surface area (Å²) < 4.78 is 10.9. The molecular weight excluding hydrogens is 326 g/mol. The minimum Gasteiger partial charge on any atom is -0.379 e. The number of thiazole rings is 1. The molecule has 6 nitrogen and oxygen atoms in total. The molecule has 0 unspecified atom stereocenters. The Balaban J connectivity index is 1.66. The van der Waals surface area contributed by atoms with E-state index in [0.717, 1.165) is 22.2 Å². The third-order valence-corrected chi connectivity index (χ3v) is 5.63. The van der Waals surface area contributed by atoms with Gasteiger partial charge in [-0.2, -0.15) is 0 Å². The van der Waals surface area contributed by atoms with Crippen LogP contribution in [0.4, 0.5) is 0 Å². The van der Waals surface area contributed by atoms with Crippen molar-refractivity contribution in [1.29, 1.82) is 0 Å². The van der Waals surface area contributed by atoms with Gasteiger partial charge < -0.3 is 14.6 Å². The minimum atomic E-state index is -0.0637. The van der Waals surface area contributed by atoms with Gasteiger partial charge in [-0.05, 0) is 13.8 Å². The van der Waals surface area contributed by atoms with Crippen molar-refractivity contribution >= 4 is 17.2 Å². The average Bonchev–Trinajstić information content (AvgIpc) is 3.21. The lowest BCUT2D eigenvalue weighted by Gasteiger charge is -2.17. The standard InChI is InChI=1S/C17H23N3O3S/c1-9(2)17-18-11(4)15(24-17)16(21)19-14-8-22-7-12(14)6-13-5-10(3)20-23-13/h5,9,12,14H,6-8H2,1-4H3,(H,19,21)/t12-,14+/m0/s1. The molecule has 3 rings (SSSR count). The number of carbonyl (C=O) groups excluding carboxylic acids is 1. The van der Waals surface area contributed by atoms with Crippen LogP contribution in [0.25, 0.3) is 0 Å². The van der Waals surface area contributed by atoms with Crippen LogP contribution in [0.5, 0.6) is 0 Å². The first kappa shape index (κ1) is 17.1. The molecule has 1 fully saturated rings. The van der Waals surface area contributed by atoms with Crippen LogP contribution in [0.2, 0.25) is 0 Å². The van der Waals surface area contributed by atoms with E-state index in [1.807, 2.05) is 19.9 Å². The highest BCUT2D eigenvalue weighted by molar-refractivity contribution is 7.13. The summed E-state index contributed by atoms with van der Waals surface area (Å²) in [5, 5.41) is 8.02. The molecule has 130 valence electrons. The van der Waals surface area contributed by atoms with Gasteiger partial charge in [-0.3, -0.25) is 4.79 Å². The number of nitrogens with one attached hydrogen (secondary N) is 1. The Hall–Kier alpha value is -1.73. The predicted molar refractivity (Wildman–Crippen MR) is 91.4 cm³/mol. The molecule has 0 aromatic carbocycles. The fraction of sp³-hybridized carbons (Fsp3) is 0.588. The Morgan fingerprint density at radius 1 is 1.42 bits per heavy atom. The Morgan fingerprint density at radius 3 is 2.83 bits per heavy atom. The van der Waals surface area contributed by atoms with E-state index in [4.69, 9.17) is 9.26 Å². The first-order chi connectivity index (χ1) is 11.4. The molecule has 24 heavy (non-hydrogen) atoms. The first-order valence-corrected chi connectivity index (χ1v) is 9.03. The second kappa shape index (κ2) is 7.03. The van der Waals surface area contributed by atoms with Crippen LogP contribution < -0.4 is 5.32 Å². The van der Waals surface area contributed by atoms with Crippen molar-refractivity contribution in [1.82, 2.24) is 15.5 Å². The second-order valence-electron chi connectivity index (χ2n) is 6.64. The Morgan fingerprint density at radius 2 is 2.21 bits per heavy atom. The summed E-state index contributed by atoms with van der Waals surface area (Å²) in [4.78, 5) is 17.8. The van der Waals surface area contributed by atoms with Crippen molar-refractivity contribution in [3.05, 3.63) is 33.1 Å². The molecule has 1 aliphatic rings. The fourth-order valence-electron chi connectivity index (χ4n) is 2.84. The second-order valence-corrected chi connectivity index (χ2v) is 7.67. The van der Waals surface area contributed by atoms with Gasteiger partial charge in [0.25, 0.3) is 5.91 Å². The van der Waals surface area contributed by atoms with E-state index in [-0.39, 0.29) is 17.9 Å². The molecular formula is C17H23N3O3S. The van der Waals surface area contributed by atoms with Crippen LogP contribution in [0.15, 0.2) is 10.6 Å². The van der Waals surface area contributed by atoms with Crippen LogP contribution in [0.3, 0.4) is 0 Å². The summed E-state index contributed by atoms with van der Waals surface area (Å²) in [6.45, 7) is 9.09. The average molecular weight is 349 g/mol. The van der Waals surface area contributed by atoms with Crippen molar-refractivity contribution < 1.29 is 14.1 Å². The number of hydrogen-bond acceptors (Lipinski definition) is 6. The Bertz CT molecular complexity index is 722. The molecule has 1 amide bonds. The van der Waals surface area contributed by atoms with E-state index in [9.17, 15) is 4.79 Å². The molecule has 1 N–H and O–H groups in total. The molecule has 0 spiro atoms. The van der Waals surface area contributed by atoms with E-state index in [0.29, 0.717) is 30.4 Å². The zero-order valence-electron chi connectivity index (χ0n) is 14.5. The monoisotopic (exact) mass is 349 g/mol.